The number of rotatable bonds is 34. The number of nitrogens with one attached hydrogen (secondary N) is 4. The highest BCUT2D eigenvalue weighted by Crippen LogP contribution is 2.17. The van der Waals surface area contributed by atoms with Gasteiger partial charge < -0.3 is 56.4 Å². The molecule has 1 aliphatic heterocycles. The maximum Gasteiger partial charge on any atom is 0.326 e. The maximum absolute atomic E-state index is 13.6. The molecule has 0 saturated carbocycles. The summed E-state index contributed by atoms with van der Waals surface area (Å²) in [7, 11) is 0. The summed E-state index contributed by atoms with van der Waals surface area (Å²) in [5.41, 5.74) is 1.34. The fraction of sp³-hybridized carbons (Fsp3) is 0.549. The smallest absolute Gasteiger partial charge is 0.326 e. The van der Waals surface area contributed by atoms with Gasteiger partial charge in [0, 0.05) is 123 Å². The third-order valence-corrected chi connectivity index (χ3v) is 13.5. The SMILES string of the molecule is O=CO[C@H](CCCCN(Cc1ccc(Br)cc1)C(=O)CCCCNC(=O)c1cc([125I])cc(C(=O)NCCCC(=O)CN2CCN(CC(=O)O)CCN(CC(=O)O)CCN(CC(=O)O)CC2)c1)NC(=O)N[C@@H](CCC(=O)O)C(=O)O. The molecule has 0 aromatic heterocycles. The van der Waals surface area contributed by atoms with E-state index in [0.717, 1.165) is 10.0 Å². The number of hydrogen-bond donors (Lipinski definition) is 9. The van der Waals surface area contributed by atoms with Gasteiger partial charge in [-0.2, -0.15) is 0 Å². The molecule has 1 fully saturated rings. The second-order valence-electron chi connectivity index (χ2n) is 18.7. The summed E-state index contributed by atoms with van der Waals surface area (Å²) in [6, 6.07) is 9.69. The number of carboxylic acid groups (broad SMARTS) is 5. The number of carbonyl (C=O) groups excluding carboxylic acids is 6. The van der Waals surface area contributed by atoms with Crippen LogP contribution in [0.25, 0.3) is 0 Å². The monoisotopic (exact) mass is 1290 g/mol. The van der Waals surface area contributed by atoms with Crippen LogP contribution in [-0.4, -0.2) is 226 Å². The van der Waals surface area contributed by atoms with E-state index >= 15 is 0 Å². The molecule has 2 atom stereocenters. The van der Waals surface area contributed by atoms with E-state index < -0.39 is 66.4 Å². The van der Waals surface area contributed by atoms with Crippen molar-refractivity contribution < 1.29 is 83.0 Å². The lowest BCUT2D eigenvalue weighted by atomic mass is 10.1. The Morgan fingerprint density at radius 2 is 1.11 bits per heavy atom. The quantitative estimate of drug-likeness (QED) is 0.0209. The number of halogens is 2. The van der Waals surface area contributed by atoms with Crippen molar-refractivity contribution in [1.82, 2.24) is 45.8 Å². The van der Waals surface area contributed by atoms with E-state index in [1.165, 1.54) is 6.07 Å². The number of carboxylic acids is 5. The lowest BCUT2D eigenvalue weighted by Crippen LogP contribution is -2.49. The Kier molecular flexibility index (Phi) is 31.1. The Balaban J connectivity index is 1.49. The molecule has 0 aliphatic carbocycles. The number of amides is 5. The van der Waals surface area contributed by atoms with E-state index in [-0.39, 0.29) is 134 Å². The lowest BCUT2D eigenvalue weighted by Gasteiger charge is -2.32. The predicted octanol–water partition coefficient (Wildman–Crippen LogP) is 1.82. The van der Waals surface area contributed by atoms with Crippen molar-refractivity contribution in [2.75, 3.05) is 98.2 Å². The van der Waals surface area contributed by atoms with E-state index in [4.69, 9.17) is 9.84 Å². The van der Waals surface area contributed by atoms with Crippen LogP contribution in [0.15, 0.2) is 46.9 Å². The number of ether oxygens (including phenoxy) is 1. The topological polar surface area (TPSA) is 362 Å². The Morgan fingerprint density at radius 3 is 1.59 bits per heavy atom. The third-order valence-electron chi connectivity index (χ3n) is 12.4. The summed E-state index contributed by atoms with van der Waals surface area (Å²) in [5.74, 6) is -7.02. The van der Waals surface area contributed by atoms with Gasteiger partial charge in [-0.15, -0.1) is 0 Å². The number of carbonyl (C=O) groups is 11. The minimum Gasteiger partial charge on any atom is -0.481 e. The third kappa shape index (κ3) is 28.9. The second-order valence-corrected chi connectivity index (χ2v) is 20.9. The first-order valence-electron chi connectivity index (χ1n) is 25.7. The van der Waals surface area contributed by atoms with Gasteiger partial charge in [-0.1, -0.05) is 28.1 Å². The number of Topliss-reactive ketones (excluding diaryl/α,β-unsaturated/α-hetero) is 1. The van der Waals surface area contributed by atoms with Crippen molar-refractivity contribution in [2.45, 2.75) is 83.0 Å². The van der Waals surface area contributed by atoms with Gasteiger partial charge in [0.1, 0.15) is 11.8 Å². The molecule has 1 saturated heterocycles. The number of aliphatic carboxylic acids is 5. The van der Waals surface area contributed by atoms with Crippen molar-refractivity contribution in [3.05, 3.63) is 67.2 Å². The molecular weight excluding hydrogens is 1220 g/mol. The zero-order valence-corrected chi connectivity index (χ0v) is 47.5. The van der Waals surface area contributed by atoms with Gasteiger partial charge in [0.2, 0.25) is 5.91 Å². The maximum atomic E-state index is 13.6. The van der Waals surface area contributed by atoms with Crippen LogP contribution in [0.1, 0.15) is 90.5 Å². The molecule has 0 bridgehead atoms. The fourth-order valence-corrected chi connectivity index (χ4v) is 9.20. The van der Waals surface area contributed by atoms with Crippen molar-refractivity contribution >= 4 is 104 Å². The van der Waals surface area contributed by atoms with Crippen LogP contribution < -0.4 is 21.3 Å². The highest BCUT2D eigenvalue weighted by atomic mass is 125. The molecule has 1 aliphatic rings. The molecule has 79 heavy (non-hydrogen) atoms. The molecule has 2 aromatic rings. The standard InChI is InChI=1S/C51H71BrIN9O17/c52-38-11-9-35(10-12-38)29-62(17-4-2-7-42(79-34-63)57-51(78)56-41(50(76)77)13-14-44(66)67)43(65)8-1-3-15-54-48(74)36-26-37(28-39(53)27-36)49(75)55-16-5-6-40(64)30-58-18-20-59(31-45(68)69)22-24-61(33-47(72)73)25-23-60(21-19-58)32-46(70)71/h9-12,26-28,34,41-42H,1-8,13-25,29-33H2,(H,54,74)(H,55,75)(H,66,67)(H,68,69)(H,70,71)(H,72,73)(H,76,77)(H2,56,57,78)/t41-,42+/m0/s1/i53-2. The van der Waals surface area contributed by atoms with Gasteiger partial charge in [0.25, 0.3) is 18.3 Å². The van der Waals surface area contributed by atoms with Crippen LogP contribution in [0.3, 0.4) is 0 Å². The van der Waals surface area contributed by atoms with E-state index in [2.05, 4.69) is 37.2 Å². The molecule has 5 amide bonds. The average molecular weight is 1290 g/mol. The van der Waals surface area contributed by atoms with Crippen LogP contribution in [0.4, 0.5) is 4.79 Å². The van der Waals surface area contributed by atoms with Gasteiger partial charge in [0.15, 0.2) is 6.23 Å². The normalized spacial score (nSPS) is 14.7. The number of hydrogen-bond acceptors (Lipinski definition) is 16. The molecule has 0 unspecified atom stereocenters. The zero-order chi connectivity index (χ0) is 58.3. The Hall–Kier alpha value is -6.34. The van der Waals surface area contributed by atoms with Crippen molar-refractivity contribution in [3.8, 4) is 0 Å². The molecule has 26 nitrogen and oxygen atoms in total. The molecule has 9 N–H and O–H groups in total. The van der Waals surface area contributed by atoms with Gasteiger partial charge >= 0.3 is 35.9 Å². The number of nitrogens with zero attached hydrogens (tertiary/aromatic N) is 5. The molecule has 0 spiro atoms. The van der Waals surface area contributed by atoms with E-state index in [1.54, 1.807) is 31.7 Å². The molecule has 0 radical (unpaired) electrons. The first-order chi connectivity index (χ1) is 37.6. The number of ketones is 1. The van der Waals surface area contributed by atoms with E-state index in [9.17, 15) is 73.2 Å². The molecule has 2 aromatic carbocycles. The largest absolute Gasteiger partial charge is 0.481 e. The first kappa shape index (κ1) is 66.9. The van der Waals surface area contributed by atoms with E-state index in [0.29, 0.717) is 61.9 Å². The molecule has 28 heteroatoms. The molecule has 436 valence electrons. The molecule has 3 rings (SSSR count). The molecule has 1 heterocycles. The van der Waals surface area contributed by atoms with Crippen molar-refractivity contribution in [1.29, 1.82) is 0 Å². The minimum absolute atomic E-state index is 0.00712. The van der Waals surface area contributed by atoms with E-state index in [1.807, 2.05) is 51.8 Å². The van der Waals surface area contributed by atoms with Gasteiger partial charge in [-0.05, 0) is 97.0 Å². The van der Waals surface area contributed by atoms with Crippen molar-refractivity contribution in [3.63, 3.8) is 0 Å². The van der Waals surface area contributed by atoms with Crippen LogP contribution in [0, 0.1) is 3.57 Å². The van der Waals surface area contributed by atoms with Crippen LogP contribution in [-0.2, 0) is 49.6 Å². The minimum atomic E-state index is -1.49. The highest BCUT2D eigenvalue weighted by Gasteiger charge is 2.25. The van der Waals surface area contributed by atoms with Crippen LogP contribution in [0.2, 0.25) is 0 Å². The second kappa shape index (κ2) is 36.8. The van der Waals surface area contributed by atoms with Gasteiger partial charge in [-0.3, -0.25) is 62.8 Å². The Morgan fingerprint density at radius 1 is 0.608 bits per heavy atom. The lowest BCUT2D eigenvalue weighted by molar-refractivity contribution is -0.141. The summed E-state index contributed by atoms with van der Waals surface area (Å²) in [6.45, 7) is 2.38. The Bertz CT molecular complexity index is 2350. The van der Waals surface area contributed by atoms with Crippen LogP contribution >= 0.6 is 38.5 Å². The average Bonchev–Trinajstić information content (AvgIpc) is 3.38. The first-order valence-corrected chi connectivity index (χ1v) is 27.5. The fourth-order valence-electron chi connectivity index (χ4n) is 8.27. The summed E-state index contributed by atoms with van der Waals surface area (Å²) >= 11 is 5.41. The Labute approximate surface area is 479 Å². The molecular formula is C51H71BrIN9O17. The highest BCUT2D eigenvalue weighted by molar-refractivity contribution is 14.1. The summed E-state index contributed by atoms with van der Waals surface area (Å²) < 4.78 is 6.45. The number of urea groups is 1. The number of benzene rings is 2. The summed E-state index contributed by atoms with van der Waals surface area (Å²) in [4.78, 5) is 143. The van der Waals surface area contributed by atoms with Gasteiger partial charge in [0.05, 0.1) is 26.2 Å². The number of unbranched alkanes of at least 4 members (excludes halogenated alkanes) is 2. The summed E-state index contributed by atoms with van der Waals surface area (Å²) in [6.07, 6.45) is 0.397. The van der Waals surface area contributed by atoms with Crippen molar-refractivity contribution in [2.24, 2.45) is 0 Å². The summed E-state index contributed by atoms with van der Waals surface area (Å²) in [5, 5.41) is 56.8. The predicted molar refractivity (Wildman–Crippen MR) is 295 cm³/mol. The van der Waals surface area contributed by atoms with Gasteiger partial charge in [-0.25, -0.2) is 9.59 Å². The van der Waals surface area contributed by atoms with Crippen LogP contribution in [0.5, 0.6) is 0 Å². The zero-order valence-electron chi connectivity index (χ0n) is 43.8.